The Kier molecular flexibility index (Phi) is 7.63. The van der Waals surface area contributed by atoms with Crippen LogP contribution in [0, 0.1) is 0 Å². The molecule has 0 N–H and O–H groups in total. The van der Waals surface area contributed by atoms with E-state index in [-0.39, 0.29) is 0 Å². The van der Waals surface area contributed by atoms with Crippen molar-refractivity contribution in [3.63, 3.8) is 0 Å². The zero-order valence-electron chi connectivity index (χ0n) is 25.2. The Balaban J connectivity index is 1.00. The molecule has 7 aromatic rings. The Morgan fingerprint density at radius 3 is 1.00 bits per heavy atom. The first-order chi connectivity index (χ1) is 23.2. The summed E-state index contributed by atoms with van der Waals surface area (Å²) < 4.78 is 0. The number of rotatable bonds is 5. The van der Waals surface area contributed by atoms with Crippen LogP contribution in [-0.2, 0) is 0 Å². The minimum atomic E-state index is 1.13. The maximum atomic E-state index is 2.34. The van der Waals surface area contributed by atoms with Crippen molar-refractivity contribution in [1.29, 1.82) is 0 Å². The lowest BCUT2D eigenvalue weighted by molar-refractivity contribution is 1.16. The molecule has 0 bridgehead atoms. The standard InChI is InChI=1S/C42H27NS4/c1-2-8-32(9-3-1)43(33-20-14-28(15-21-33)30-18-24-39-41(26-30)46-37-12-6-4-10-35(37)44-39)34-22-16-29(17-23-34)31-19-25-40-42(27-31)47-38-13-7-5-11-36(38)45-40/h1-27H. The van der Waals surface area contributed by atoms with Gasteiger partial charge in [0, 0.05) is 56.2 Å². The molecule has 7 aromatic carbocycles. The van der Waals surface area contributed by atoms with Gasteiger partial charge in [-0.15, -0.1) is 0 Å². The average Bonchev–Trinajstić information content (AvgIpc) is 3.14. The molecule has 0 atom stereocenters. The lowest BCUT2D eigenvalue weighted by Crippen LogP contribution is -2.09. The molecule has 0 amide bonds. The molecule has 2 aliphatic rings. The number of benzene rings is 7. The second-order valence-electron chi connectivity index (χ2n) is 11.4. The van der Waals surface area contributed by atoms with Gasteiger partial charge < -0.3 is 4.90 Å². The van der Waals surface area contributed by atoms with Gasteiger partial charge in [-0.05, 0) is 107 Å². The summed E-state index contributed by atoms with van der Waals surface area (Å²) in [5.41, 5.74) is 8.31. The van der Waals surface area contributed by atoms with Crippen molar-refractivity contribution in [3.8, 4) is 22.3 Å². The number of nitrogens with zero attached hydrogens (tertiary/aromatic N) is 1. The molecule has 47 heavy (non-hydrogen) atoms. The van der Waals surface area contributed by atoms with Crippen LogP contribution >= 0.6 is 47.0 Å². The Morgan fingerprint density at radius 2 is 0.574 bits per heavy atom. The Hall–Kier alpha value is -4.26. The van der Waals surface area contributed by atoms with Gasteiger partial charge in [0.25, 0.3) is 0 Å². The predicted octanol–water partition coefficient (Wildman–Crippen LogP) is 13.7. The van der Waals surface area contributed by atoms with Crippen molar-refractivity contribution in [2.45, 2.75) is 39.2 Å². The molecule has 0 saturated heterocycles. The molecule has 224 valence electrons. The normalized spacial score (nSPS) is 12.8. The van der Waals surface area contributed by atoms with Gasteiger partial charge in [0.05, 0.1) is 0 Å². The highest BCUT2D eigenvalue weighted by atomic mass is 32.2. The Bertz CT molecular complexity index is 2100. The molecule has 1 nitrogen and oxygen atoms in total. The third-order valence-corrected chi connectivity index (χ3v) is 13.5. The highest BCUT2D eigenvalue weighted by Crippen LogP contribution is 2.50. The second kappa shape index (κ2) is 12.4. The van der Waals surface area contributed by atoms with Gasteiger partial charge in [0.1, 0.15) is 0 Å². The van der Waals surface area contributed by atoms with Gasteiger partial charge in [-0.1, -0.05) is 126 Å². The van der Waals surface area contributed by atoms with Crippen LogP contribution in [0.1, 0.15) is 0 Å². The largest absolute Gasteiger partial charge is 0.311 e. The van der Waals surface area contributed by atoms with E-state index in [9.17, 15) is 0 Å². The van der Waals surface area contributed by atoms with E-state index in [1.165, 1.54) is 61.4 Å². The fraction of sp³-hybridized carbons (Fsp3) is 0. The Labute approximate surface area is 292 Å². The van der Waals surface area contributed by atoms with E-state index in [1.54, 1.807) is 0 Å². The maximum absolute atomic E-state index is 2.34. The van der Waals surface area contributed by atoms with Gasteiger partial charge >= 0.3 is 0 Å². The van der Waals surface area contributed by atoms with Crippen molar-refractivity contribution in [3.05, 3.63) is 164 Å². The minimum Gasteiger partial charge on any atom is -0.311 e. The second-order valence-corrected chi connectivity index (χ2v) is 15.7. The van der Waals surface area contributed by atoms with Gasteiger partial charge in [-0.3, -0.25) is 0 Å². The molecule has 0 aliphatic carbocycles. The van der Waals surface area contributed by atoms with E-state index >= 15 is 0 Å². The first kappa shape index (κ1) is 28.9. The van der Waals surface area contributed by atoms with Crippen LogP contribution in [0.25, 0.3) is 22.3 Å². The number of anilines is 3. The molecule has 0 unspecified atom stereocenters. The summed E-state index contributed by atoms with van der Waals surface area (Å²) in [7, 11) is 0. The summed E-state index contributed by atoms with van der Waals surface area (Å²) in [6, 6.07) is 59.6. The monoisotopic (exact) mass is 673 g/mol. The smallest absolute Gasteiger partial charge is 0.0462 e. The molecule has 9 rings (SSSR count). The number of para-hydroxylation sites is 1. The summed E-state index contributed by atoms with van der Waals surface area (Å²) in [5.74, 6) is 0. The molecule has 2 heterocycles. The molecule has 0 spiro atoms. The van der Waals surface area contributed by atoms with Crippen molar-refractivity contribution in [1.82, 2.24) is 0 Å². The Morgan fingerprint density at radius 1 is 0.255 bits per heavy atom. The van der Waals surface area contributed by atoms with Gasteiger partial charge in [-0.25, -0.2) is 0 Å². The molecule has 0 fully saturated rings. The van der Waals surface area contributed by atoms with Crippen LogP contribution in [-0.4, -0.2) is 0 Å². The zero-order chi connectivity index (χ0) is 31.2. The molecule has 0 saturated carbocycles. The van der Waals surface area contributed by atoms with E-state index in [0.29, 0.717) is 0 Å². The minimum absolute atomic E-state index is 1.13. The van der Waals surface area contributed by atoms with E-state index < -0.39 is 0 Å². The van der Waals surface area contributed by atoms with Gasteiger partial charge in [-0.2, -0.15) is 0 Å². The highest BCUT2D eigenvalue weighted by Gasteiger charge is 2.19. The summed E-state index contributed by atoms with van der Waals surface area (Å²) in [5, 5.41) is 0. The fourth-order valence-corrected chi connectivity index (χ4v) is 10.6. The molecule has 5 heteroatoms. The molecular formula is C42H27NS4. The van der Waals surface area contributed by atoms with Crippen LogP contribution in [0.15, 0.2) is 203 Å². The van der Waals surface area contributed by atoms with Crippen molar-refractivity contribution >= 4 is 64.1 Å². The van der Waals surface area contributed by atoms with E-state index in [1.807, 2.05) is 47.0 Å². The van der Waals surface area contributed by atoms with Crippen LogP contribution in [0.4, 0.5) is 17.1 Å². The molecule has 2 aliphatic heterocycles. The lowest BCUT2D eigenvalue weighted by atomic mass is 10.0. The summed E-state index contributed by atoms with van der Waals surface area (Å²) >= 11 is 7.46. The first-order valence-corrected chi connectivity index (χ1v) is 18.8. The van der Waals surface area contributed by atoms with Crippen LogP contribution in [0.2, 0.25) is 0 Å². The third-order valence-electron chi connectivity index (χ3n) is 8.40. The number of hydrogen-bond donors (Lipinski definition) is 0. The van der Waals surface area contributed by atoms with Gasteiger partial charge in [0.2, 0.25) is 0 Å². The summed E-state index contributed by atoms with van der Waals surface area (Å²) in [6.07, 6.45) is 0. The van der Waals surface area contributed by atoms with Crippen molar-refractivity contribution < 1.29 is 0 Å². The van der Waals surface area contributed by atoms with E-state index in [0.717, 1.165) is 17.1 Å². The maximum Gasteiger partial charge on any atom is 0.0462 e. The van der Waals surface area contributed by atoms with Crippen LogP contribution in [0.3, 0.4) is 0 Å². The van der Waals surface area contributed by atoms with Crippen LogP contribution in [0.5, 0.6) is 0 Å². The van der Waals surface area contributed by atoms with Crippen molar-refractivity contribution in [2.24, 2.45) is 0 Å². The zero-order valence-corrected chi connectivity index (χ0v) is 28.4. The van der Waals surface area contributed by atoms with Gasteiger partial charge in [0.15, 0.2) is 0 Å². The molecule has 0 radical (unpaired) electrons. The average molecular weight is 674 g/mol. The molecular weight excluding hydrogens is 647 g/mol. The predicted molar refractivity (Wildman–Crippen MR) is 201 cm³/mol. The van der Waals surface area contributed by atoms with Crippen molar-refractivity contribution in [2.75, 3.05) is 4.90 Å². The third kappa shape index (κ3) is 5.68. The molecule has 0 aromatic heterocycles. The summed E-state index contributed by atoms with van der Waals surface area (Å²) in [6.45, 7) is 0. The fourth-order valence-electron chi connectivity index (χ4n) is 6.05. The summed E-state index contributed by atoms with van der Waals surface area (Å²) in [4.78, 5) is 13.0. The topological polar surface area (TPSA) is 3.24 Å². The number of fused-ring (bicyclic) bond motifs is 4. The van der Waals surface area contributed by atoms with Crippen LogP contribution < -0.4 is 4.90 Å². The lowest BCUT2D eigenvalue weighted by Gasteiger charge is -2.26. The quantitative estimate of drug-likeness (QED) is 0.178. The highest BCUT2D eigenvalue weighted by molar-refractivity contribution is 8.05. The SMILES string of the molecule is c1ccc(N(c2ccc(-c3ccc4c(c3)Sc3ccccc3S4)cc2)c2ccc(-c3ccc4c(c3)Sc3ccccc3S4)cc2)cc1. The first-order valence-electron chi connectivity index (χ1n) is 15.5. The number of hydrogen-bond acceptors (Lipinski definition) is 5. The van der Waals surface area contributed by atoms with E-state index in [2.05, 4.69) is 169 Å². The van der Waals surface area contributed by atoms with E-state index in [4.69, 9.17) is 0 Å².